The maximum atomic E-state index is 11.6. The molecule has 0 amide bonds. The Bertz CT molecular complexity index is 1140. The van der Waals surface area contributed by atoms with Crippen molar-refractivity contribution in [2.24, 2.45) is 4.99 Å². The number of benzene rings is 2. The van der Waals surface area contributed by atoms with Crippen LogP contribution in [0.15, 0.2) is 41.4 Å². The van der Waals surface area contributed by atoms with E-state index in [0.29, 0.717) is 35.6 Å². The molecule has 1 saturated heterocycles. The lowest BCUT2D eigenvalue weighted by Crippen LogP contribution is -2.46. The average Bonchev–Trinajstić information content (AvgIpc) is 2.97. The monoisotopic (exact) mass is 591 g/mol. The zero-order chi connectivity index (χ0) is 28.2. The molecule has 40 heavy (non-hydrogen) atoms. The molecule has 10 heteroatoms. The minimum absolute atomic E-state index is 0.208. The van der Waals surface area contributed by atoms with Gasteiger partial charge in [-0.05, 0) is 56.0 Å². The number of piperazine rings is 1. The highest BCUT2D eigenvalue weighted by Gasteiger charge is 2.19. The van der Waals surface area contributed by atoms with Crippen molar-refractivity contribution in [2.45, 2.75) is 51.9 Å². The number of anilines is 1. The van der Waals surface area contributed by atoms with Gasteiger partial charge in [-0.25, -0.2) is 9.79 Å². The first-order chi connectivity index (χ1) is 19.5. The van der Waals surface area contributed by atoms with Crippen LogP contribution in [0, 0.1) is 0 Å². The van der Waals surface area contributed by atoms with E-state index in [0.717, 1.165) is 93.9 Å². The fourth-order valence-corrected chi connectivity index (χ4v) is 5.17. The molecule has 2 aliphatic heterocycles. The molecule has 0 aliphatic carbocycles. The lowest BCUT2D eigenvalue weighted by Gasteiger charge is -2.36. The normalized spacial score (nSPS) is 15.3. The van der Waals surface area contributed by atoms with Crippen molar-refractivity contribution in [2.75, 3.05) is 57.6 Å². The summed E-state index contributed by atoms with van der Waals surface area (Å²) in [6, 6.07) is 11.8. The van der Waals surface area contributed by atoms with Crippen molar-refractivity contribution < 1.29 is 23.7 Å². The molecule has 2 heterocycles. The number of aryl methyl sites for hydroxylation is 1. The van der Waals surface area contributed by atoms with Crippen LogP contribution in [-0.2, 0) is 20.6 Å². The molecule has 0 bridgehead atoms. The van der Waals surface area contributed by atoms with Gasteiger partial charge in [0, 0.05) is 38.7 Å². The molecule has 2 aliphatic rings. The van der Waals surface area contributed by atoms with Gasteiger partial charge in [0.2, 0.25) is 6.79 Å². The summed E-state index contributed by atoms with van der Waals surface area (Å²) < 4.78 is 21.6. The smallest absolute Gasteiger partial charge is 0.494 e. The van der Waals surface area contributed by atoms with E-state index in [1.807, 2.05) is 30.3 Å². The molecule has 0 N–H and O–H groups in total. The summed E-state index contributed by atoms with van der Waals surface area (Å²) >= 11 is 12.6. The van der Waals surface area contributed by atoms with E-state index in [1.54, 1.807) is 0 Å². The number of hydrogen-bond acceptors (Lipinski definition) is 8. The zero-order valence-electron chi connectivity index (χ0n) is 23.2. The summed E-state index contributed by atoms with van der Waals surface area (Å²) in [5, 5.41) is 1.23. The second kappa shape index (κ2) is 15.9. The van der Waals surface area contributed by atoms with Gasteiger partial charge in [-0.1, -0.05) is 55.1 Å². The maximum Gasteiger partial charge on any atom is 0.511 e. The molecule has 2 aromatic rings. The Morgan fingerprint density at radius 1 is 0.925 bits per heavy atom. The van der Waals surface area contributed by atoms with Crippen LogP contribution in [0.5, 0.6) is 5.75 Å². The number of aliphatic imine (C=N–C) groups is 1. The number of hydrogen-bond donors (Lipinski definition) is 0. The number of rotatable bonds is 13. The van der Waals surface area contributed by atoms with Gasteiger partial charge in [0.15, 0.2) is 5.90 Å². The van der Waals surface area contributed by atoms with Gasteiger partial charge in [-0.3, -0.25) is 4.90 Å². The molecule has 0 unspecified atom stereocenters. The van der Waals surface area contributed by atoms with Gasteiger partial charge in [0.25, 0.3) is 0 Å². The second-order valence-electron chi connectivity index (χ2n) is 9.97. The van der Waals surface area contributed by atoms with Crippen molar-refractivity contribution in [1.29, 1.82) is 0 Å². The third kappa shape index (κ3) is 9.18. The average molecular weight is 593 g/mol. The van der Waals surface area contributed by atoms with E-state index < -0.39 is 6.16 Å². The van der Waals surface area contributed by atoms with Crippen molar-refractivity contribution in [3.05, 3.63) is 52.0 Å². The molecular formula is C30H39Cl2N3O5. The van der Waals surface area contributed by atoms with Crippen molar-refractivity contribution in [1.82, 2.24) is 4.90 Å². The number of unbranched alkanes of at least 4 members (excludes halogenated alkanes) is 3. The van der Waals surface area contributed by atoms with Gasteiger partial charge in [-0.2, -0.15) is 0 Å². The minimum atomic E-state index is -0.715. The third-order valence-electron chi connectivity index (χ3n) is 7.06. The Kier molecular flexibility index (Phi) is 12.1. The number of nitrogens with zero attached hydrogens (tertiary/aromatic N) is 3. The number of ether oxygens (including phenoxy) is 4. The highest BCUT2D eigenvalue weighted by molar-refractivity contribution is 6.43. The fourth-order valence-electron chi connectivity index (χ4n) is 4.76. The Hall–Kier alpha value is -2.68. The summed E-state index contributed by atoms with van der Waals surface area (Å²) in [5.41, 5.74) is 2.99. The summed E-state index contributed by atoms with van der Waals surface area (Å²) in [6.07, 6.45) is 5.71. The first-order valence-corrected chi connectivity index (χ1v) is 15.0. The molecule has 0 saturated carbocycles. The Morgan fingerprint density at radius 3 is 2.58 bits per heavy atom. The molecule has 218 valence electrons. The van der Waals surface area contributed by atoms with Gasteiger partial charge in [0.1, 0.15) is 5.75 Å². The van der Waals surface area contributed by atoms with Gasteiger partial charge >= 0.3 is 6.16 Å². The van der Waals surface area contributed by atoms with Crippen molar-refractivity contribution >= 4 is 46.6 Å². The number of carbonyl (C=O) groups is 1. The summed E-state index contributed by atoms with van der Waals surface area (Å²) in [4.78, 5) is 21.0. The van der Waals surface area contributed by atoms with Gasteiger partial charge in [0.05, 0.1) is 34.6 Å². The van der Waals surface area contributed by atoms with E-state index in [1.165, 1.54) is 0 Å². The minimum Gasteiger partial charge on any atom is -0.494 e. The quantitative estimate of drug-likeness (QED) is 0.138. The van der Waals surface area contributed by atoms with E-state index in [9.17, 15) is 4.79 Å². The predicted molar refractivity (Wildman–Crippen MR) is 160 cm³/mol. The largest absolute Gasteiger partial charge is 0.511 e. The fraction of sp³-hybridized carbons (Fsp3) is 0.533. The maximum absolute atomic E-state index is 11.6. The number of carbonyl (C=O) groups excluding carboxylic acids is 1. The van der Waals surface area contributed by atoms with Gasteiger partial charge in [-0.15, -0.1) is 0 Å². The second-order valence-corrected chi connectivity index (χ2v) is 10.8. The Balaban J connectivity index is 1.12. The summed E-state index contributed by atoms with van der Waals surface area (Å²) in [7, 11) is 0. The van der Waals surface area contributed by atoms with Gasteiger partial charge < -0.3 is 23.8 Å². The van der Waals surface area contributed by atoms with Crippen LogP contribution in [0.1, 0.15) is 51.0 Å². The van der Waals surface area contributed by atoms with Crippen LogP contribution in [0.2, 0.25) is 10.0 Å². The third-order valence-corrected chi connectivity index (χ3v) is 7.87. The summed E-state index contributed by atoms with van der Waals surface area (Å²) in [5.74, 6) is 1.34. The van der Waals surface area contributed by atoms with Crippen LogP contribution in [0.4, 0.5) is 16.2 Å². The Labute approximate surface area is 247 Å². The topological polar surface area (TPSA) is 72.8 Å². The van der Waals surface area contributed by atoms with E-state index in [4.69, 9.17) is 42.1 Å². The molecule has 0 radical (unpaired) electrons. The molecule has 8 nitrogen and oxygen atoms in total. The highest BCUT2D eigenvalue weighted by atomic mass is 35.5. The highest BCUT2D eigenvalue weighted by Crippen LogP contribution is 2.33. The van der Waals surface area contributed by atoms with E-state index in [2.05, 4.69) is 27.8 Å². The molecule has 4 rings (SSSR count). The van der Waals surface area contributed by atoms with Crippen molar-refractivity contribution in [3.8, 4) is 5.75 Å². The first kappa shape index (κ1) is 30.3. The number of fused-ring (bicyclic) bond motifs is 1. The number of halogens is 2. The molecule has 1 fully saturated rings. The molecule has 0 atom stereocenters. The standard InChI is InChI=1S/C30H39Cl2N3O5/c1-2-3-5-20-38-30(36)40-22-39-28-13-11-23-10-12-24(21-26(23)33-28)37-19-6-4-14-34-15-17-35(18-16-34)27-9-7-8-25(31)29(27)32/h7-10,12,21H,2-6,11,13-20,22H2,1H3. The lowest BCUT2D eigenvalue weighted by molar-refractivity contribution is -0.00155. The van der Waals surface area contributed by atoms with E-state index in [-0.39, 0.29) is 6.79 Å². The van der Waals surface area contributed by atoms with Crippen LogP contribution in [0.3, 0.4) is 0 Å². The Morgan fingerprint density at radius 2 is 1.75 bits per heavy atom. The zero-order valence-corrected chi connectivity index (χ0v) is 24.7. The van der Waals surface area contributed by atoms with E-state index >= 15 is 0 Å². The van der Waals surface area contributed by atoms with Crippen LogP contribution < -0.4 is 9.64 Å². The molecule has 0 aromatic heterocycles. The molecule has 2 aromatic carbocycles. The van der Waals surface area contributed by atoms with Crippen LogP contribution in [-0.4, -0.2) is 69.7 Å². The van der Waals surface area contributed by atoms with Crippen molar-refractivity contribution in [3.63, 3.8) is 0 Å². The summed E-state index contributed by atoms with van der Waals surface area (Å²) in [6.45, 7) is 7.82. The predicted octanol–water partition coefficient (Wildman–Crippen LogP) is 7.27. The molecule has 0 spiro atoms. The van der Waals surface area contributed by atoms with Crippen LogP contribution in [0.25, 0.3) is 0 Å². The first-order valence-electron chi connectivity index (χ1n) is 14.2. The molecular weight excluding hydrogens is 553 g/mol. The SMILES string of the molecule is CCCCCOC(=O)OCOC1=Nc2cc(OCCCCN3CCN(c4cccc(Cl)c4Cl)CC3)ccc2CC1. The lowest BCUT2D eigenvalue weighted by atomic mass is 10.0. The van der Waals surface area contributed by atoms with Crippen LogP contribution >= 0.6 is 23.2 Å².